The zero-order valence-electron chi connectivity index (χ0n) is 48.6. The number of ether oxygens (including phenoxy) is 5. The van der Waals surface area contributed by atoms with Crippen LogP contribution in [0.5, 0.6) is 23.0 Å². The maximum absolute atomic E-state index is 12.5. The lowest BCUT2D eigenvalue weighted by molar-refractivity contribution is -0.139. The van der Waals surface area contributed by atoms with Crippen molar-refractivity contribution < 1.29 is 43.8 Å². The first kappa shape index (κ1) is 63.0. The fourth-order valence-corrected chi connectivity index (χ4v) is 10.8. The van der Waals surface area contributed by atoms with Crippen LogP contribution >= 0.6 is 0 Å². The van der Waals surface area contributed by atoms with E-state index in [2.05, 4.69) is 82.8 Å². The molecule has 4 aromatic rings. The van der Waals surface area contributed by atoms with Gasteiger partial charge in [0.1, 0.15) is 23.0 Å². The van der Waals surface area contributed by atoms with Crippen LogP contribution in [0.15, 0.2) is 60.7 Å². The number of hydrogen-bond donors (Lipinski definition) is 3. The van der Waals surface area contributed by atoms with E-state index in [1.807, 2.05) is 0 Å². The van der Waals surface area contributed by atoms with Crippen LogP contribution in [0.4, 0.5) is 0 Å². The smallest absolute Gasteiger partial charge is 0.333 e. The van der Waals surface area contributed by atoms with Crippen molar-refractivity contribution in [2.45, 2.75) is 214 Å². The van der Waals surface area contributed by atoms with Crippen molar-refractivity contribution in [1.29, 1.82) is 0 Å². The lowest BCUT2D eigenvalue weighted by atomic mass is 9.87. The average Bonchev–Trinajstić information content (AvgIpc) is 3.44. The zero-order valence-corrected chi connectivity index (χ0v) is 48.6. The van der Waals surface area contributed by atoms with Crippen LogP contribution in [0, 0.1) is 0 Å². The Labute approximate surface area is 465 Å². The number of rotatable bonds is 38. The van der Waals surface area contributed by atoms with Crippen molar-refractivity contribution >= 4 is 5.97 Å². The summed E-state index contributed by atoms with van der Waals surface area (Å²) in [6.45, 7) is 16.3. The molecule has 0 spiro atoms. The summed E-state index contributed by atoms with van der Waals surface area (Å²) in [6.07, 6.45) is 26.6. The van der Waals surface area contributed by atoms with Gasteiger partial charge in [-0.15, -0.1) is 0 Å². The van der Waals surface area contributed by atoms with Gasteiger partial charge in [-0.3, -0.25) is 0 Å². The predicted octanol–water partition coefficient (Wildman–Crippen LogP) is 15.0. The SMILES string of the molecule is C=C(C)C(=O)OCCCOc1c2cc(CCCCCC)cc1Cc1cc(CCCCCC)cc(c1OCCCO)Cc1cc(CCCCCC)cc(c1OCCCO)Cc1cc(CCCCCC)cc(c1OCCCO)C2. The Morgan fingerprint density at radius 2 is 0.623 bits per heavy atom. The van der Waals surface area contributed by atoms with E-state index in [9.17, 15) is 20.1 Å². The zero-order chi connectivity index (χ0) is 55.0. The first-order valence-corrected chi connectivity index (χ1v) is 30.4. The monoisotopic (exact) mass is 1060 g/mol. The Kier molecular flexibility index (Phi) is 29.8. The lowest BCUT2D eigenvalue weighted by Crippen LogP contribution is -2.13. The number of fused-ring (bicyclic) bond motifs is 8. The quantitative estimate of drug-likeness (QED) is 0.0201. The van der Waals surface area contributed by atoms with Gasteiger partial charge in [0, 0.05) is 76.8 Å². The Hall–Kier alpha value is -4.83. The number of aliphatic hydroxyl groups is 3. The molecule has 1 aliphatic rings. The highest BCUT2D eigenvalue weighted by Gasteiger charge is 2.25. The summed E-state index contributed by atoms with van der Waals surface area (Å²) >= 11 is 0. The Morgan fingerprint density at radius 3 is 0.844 bits per heavy atom. The van der Waals surface area contributed by atoms with Crippen LogP contribution < -0.4 is 18.9 Å². The van der Waals surface area contributed by atoms with E-state index in [1.165, 1.54) is 73.6 Å². The summed E-state index contributed by atoms with van der Waals surface area (Å²) < 4.78 is 33.5. The van der Waals surface area contributed by atoms with Crippen molar-refractivity contribution in [2.24, 2.45) is 0 Å². The standard InChI is InChI=1S/C68H100O9/c1-7-11-15-19-27-52-39-56-47-58-41-53(28-20-16-12-8-2)43-60(65(58)74-35-24-32-70)49-62-45-55(30-22-18-14-10-4)46-63(67(62)76-37-26-38-77-68(72)51(5)6)50-61-44-54(29-21-17-13-9-3)42-59(66(61)75-36-25-33-71)48-57(40-52)64(56)73-34-23-31-69/h39-46,69-71H,5,7-38,47-50H2,1-4,6H3. The number of carbonyl (C=O) groups excluding carboxylic acids is 1. The van der Waals surface area contributed by atoms with Gasteiger partial charge in [0.2, 0.25) is 0 Å². The van der Waals surface area contributed by atoms with Gasteiger partial charge in [-0.05, 0) is 125 Å². The second-order valence-corrected chi connectivity index (χ2v) is 21.8. The number of unbranched alkanes of at least 4 members (excludes halogenated alkanes) is 12. The van der Waals surface area contributed by atoms with E-state index in [0.717, 1.165) is 145 Å². The van der Waals surface area contributed by atoms with Gasteiger partial charge >= 0.3 is 5.97 Å². The summed E-state index contributed by atoms with van der Waals surface area (Å²) in [7, 11) is 0. The van der Waals surface area contributed by atoms with Crippen molar-refractivity contribution in [2.75, 3.05) is 52.9 Å². The molecule has 8 bridgehead atoms. The topological polar surface area (TPSA) is 124 Å². The van der Waals surface area contributed by atoms with Gasteiger partial charge in [0.25, 0.3) is 0 Å². The molecule has 77 heavy (non-hydrogen) atoms. The highest BCUT2D eigenvalue weighted by atomic mass is 16.5. The molecule has 9 heteroatoms. The average molecular weight is 1060 g/mol. The molecule has 0 atom stereocenters. The molecule has 0 heterocycles. The summed E-state index contributed by atoms with van der Waals surface area (Å²) in [5.74, 6) is 3.00. The highest BCUT2D eigenvalue weighted by molar-refractivity contribution is 5.86. The third-order valence-electron chi connectivity index (χ3n) is 14.8. The maximum atomic E-state index is 12.5. The van der Waals surface area contributed by atoms with Crippen LogP contribution in [-0.4, -0.2) is 74.1 Å². The molecule has 3 N–H and O–H groups in total. The van der Waals surface area contributed by atoms with E-state index in [4.69, 9.17) is 23.7 Å². The van der Waals surface area contributed by atoms with E-state index < -0.39 is 5.97 Å². The number of hydrogen-bond acceptors (Lipinski definition) is 9. The van der Waals surface area contributed by atoms with Crippen LogP contribution in [-0.2, 0) is 60.9 Å². The summed E-state index contributed by atoms with van der Waals surface area (Å²) in [6, 6.07) is 19.0. The first-order chi connectivity index (χ1) is 37.7. The van der Waals surface area contributed by atoms with Gasteiger partial charge in [-0.1, -0.05) is 160 Å². The fraction of sp³-hybridized carbons (Fsp3) is 0.603. The summed E-state index contributed by atoms with van der Waals surface area (Å²) in [4.78, 5) is 12.5. The van der Waals surface area contributed by atoms with E-state index in [1.54, 1.807) is 6.92 Å². The second kappa shape index (κ2) is 36.4. The molecule has 1 aliphatic carbocycles. The van der Waals surface area contributed by atoms with Gasteiger partial charge < -0.3 is 39.0 Å². The van der Waals surface area contributed by atoms with Crippen LogP contribution in [0.25, 0.3) is 0 Å². The van der Waals surface area contributed by atoms with Gasteiger partial charge in [-0.25, -0.2) is 4.79 Å². The molecular weight excluding hydrogens is 961 g/mol. The third-order valence-corrected chi connectivity index (χ3v) is 14.8. The lowest BCUT2D eigenvalue weighted by Gasteiger charge is -2.25. The molecule has 0 aromatic heterocycles. The van der Waals surface area contributed by atoms with Gasteiger partial charge in [0.15, 0.2) is 0 Å². The van der Waals surface area contributed by atoms with Crippen LogP contribution in [0.3, 0.4) is 0 Å². The van der Waals surface area contributed by atoms with Crippen molar-refractivity contribution in [1.82, 2.24) is 0 Å². The Bertz CT molecular complexity index is 2240. The van der Waals surface area contributed by atoms with Crippen molar-refractivity contribution in [3.05, 3.63) is 127 Å². The summed E-state index contributed by atoms with van der Waals surface area (Å²) in [5, 5.41) is 30.4. The molecule has 0 fully saturated rings. The molecule has 5 rings (SSSR count). The molecule has 0 radical (unpaired) electrons. The molecule has 0 saturated heterocycles. The van der Waals surface area contributed by atoms with E-state index in [-0.39, 0.29) is 26.4 Å². The molecule has 0 amide bonds. The third kappa shape index (κ3) is 21.4. The summed E-state index contributed by atoms with van der Waals surface area (Å²) in [5.41, 5.74) is 14.3. The Balaban J connectivity index is 1.89. The minimum absolute atomic E-state index is 0.0296. The number of aryl methyl sites for hydroxylation is 4. The molecule has 0 unspecified atom stereocenters. The van der Waals surface area contributed by atoms with E-state index in [0.29, 0.717) is 83.4 Å². The van der Waals surface area contributed by atoms with Gasteiger partial charge in [0.05, 0.1) is 33.0 Å². The minimum Gasteiger partial charge on any atom is -0.493 e. The molecule has 426 valence electrons. The fourth-order valence-electron chi connectivity index (χ4n) is 10.8. The van der Waals surface area contributed by atoms with E-state index >= 15 is 0 Å². The van der Waals surface area contributed by atoms with Crippen molar-refractivity contribution in [3.8, 4) is 23.0 Å². The van der Waals surface area contributed by atoms with Crippen molar-refractivity contribution in [3.63, 3.8) is 0 Å². The first-order valence-electron chi connectivity index (χ1n) is 30.4. The molecule has 9 nitrogen and oxygen atoms in total. The molecule has 0 saturated carbocycles. The number of benzene rings is 4. The van der Waals surface area contributed by atoms with Gasteiger partial charge in [-0.2, -0.15) is 0 Å². The van der Waals surface area contributed by atoms with Crippen LogP contribution in [0.2, 0.25) is 0 Å². The number of carbonyl (C=O) groups is 1. The molecular formula is C68H100O9. The van der Waals surface area contributed by atoms with Crippen LogP contribution in [0.1, 0.15) is 230 Å². The normalized spacial score (nSPS) is 12.2. The largest absolute Gasteiger partial charge is 0.493 e. The molecule has 4 aromatic carbocycles. The Morgan fingerprint density at radius 1 is 0.377 bits per heavy atom. The maximum Gasteiger partial charge on any atom is 0.333 e. The number of aliphatic hydroxyl groups excluding tert-OH is 3. The minimum atomic E-state index is -0.400. The highest BCUT2D eigenvalue weighted by Crippen LogP contribution is 2.42. The predicted molar refractivity (Wildman–Crippen MR) is 316 cm³/mol. The number of esters is 1. The molecule has 0 aliphatic heterocycles. The second-order valence-electron chi connectivity index (χ2n) is 21.8.